The summed E-state index contributed by atoms with van der Waals surface area (Å²) in [6, 6.07) is 9.27. The van der Waals surface area contributed by atoms with Crippen LogP contribution in [-0.2, 0) is 6.42 Å². The molecule has 1 unspecified atom stereocenters. The lowest BCUT2D eigenvalue weighted by Crippen LogP contribution is -2.23. The van der Waals surface area contributed by atoms with Crippen LogP contribution < -0.4 is 5.32 Å². The minimum Gasteiger partial charge on any atom is -0.310 e. The van der Waals surface area contributed by atoms with Gasteiger partial charge in [0.05, 0.1) is 0 Å². The third-order valence-corrected chi connectivity index (χ3v) is 4.13. The molecule has 2 nitrogen and oxygen atoms in total. The lowest BCUT2D eigenvalue weighted by Gasteiger charge is -2.20. The van der Waals surface area contributed by atoms with Crippen LogP contribution in [0.2, 0.25) is 0 Å². The predicted octanol–water partition coefficient (Wildman–Crippen LogP) is 4.49. The van der Waals surface area contributed by atoms with E-state index >= 15 is 0 Å². The van der Waals surface area contributed by atoms with Gasteiger partial charge in [-0.1, -0.05) is 28.9 Å². The summed E-state index contributed by atoms with van der Waals surface area (Å²) in [6.07, 6.45) is 0.803. The van der Waals surface area contributed by atoms with Crippen LogP contribution in [0.5, 0.6) is 0 Å². The van der Waals surface area contributed by atoms with Crippen LogP contribution in [0.4, 0.5) is 4.39 Å². The van der Waals surface area contributed by atoms with E-state index in [1.54, 1.807) is 0 Å². The zero-order valence-corrected chi connectivity index (χ0v) is 14.2. The highest BCUT2D eigenvalue weighted by Gasteiger charge is 2.14. The predicted molar refractivity (Wildman–Crippen MR) is 87.9 cm³/mol. The van der Waals surface area contributed by atoms with Crippen LogP contribution in [0.3, 0.4) is 0 Å². The van der Waals surface area contributed by atoms with Crippen LogP contribution in [-0.4, -0.2) is 11.5 Å². The monoisotopic (exact) mass is 350 g/mol. The summed E-state index contributed by atoms with van der Waals surface area (Å²) in [5.74, 6) is -0.221. The van der Waals surface area contributed by atoms with Crippen LogP contribution in [0.15, 0.2) is 34.8 Å². The summed E-state index contributed by atoms with van der Waals surface area (Å²) in [6.45, 7) is 6.98. The van der Waals surface area contributed by atoms with Crippen molar-refractivity contribution < 1.29 is 4.39 Å². The molecule has 0 fully saturated rings. The molecule has 0 saturated carbocycles. The van der Waals surface area contributed by atoms with Gasteiger partial charge in [0.25, 0.3) is 0 Å². The summed E-state index contributed by atoms with van der Waals surface area (Å²) < 4.78 is 14.0. The molecule has 0 amide bonds. The van der Waals surface area contributed by atoms with Crippen LogP contribution in [0.25, 0.3) is 0 Å². The second-order valence-corrected chi connectivity index (χ2v) is 6.09. The minimum atomic E-state index is -0.221. The summed E-state index contributed by atoms with van der Waals surface area (Å²) in [5.41, 5.74) is 4.35. The van der Waals surface area contributed by atoms with Crippen molar-refractivity contribution in [1.82, 2.24) is 10.3 Å². The molecule has 1 aromatic heterocycles. The highest BCUT2D eigenvalue weighted by molar-refractivity contribution is 9.10. The number of pyridine rings is 1. The Morgan fingerprint density at radius 1 is 1.19 bits per heavy atom. The number of nitrogens with zero attached hydrogens (tertiary/aromatic N) is 1. The smallest absolute Gasteiger partial charge is 0.124 e. The topological polar surface area (TPSA) is 24.9 Å². The normalized spacial score (nSPS) is 12.4. The molecule has 0 aliphatic heterocycles. The molecule has 4 heteroatoms. The molecule has 112 valence electrons. The van der Waals surface area contributed by atoms with Gasteiger partial charge in [-0.15, -0.1) is 0 Å². The number of rotatable bonds is 5. The molecule has 1 atom stereocenters. The van der Waals surface area contributed by atoms with Crippen molar-refractivity contribution in [3.63, 3.8) is 0 Å². The molecule has 0 radical (unpaired) electrons. The third kappa shape index (κ3) is 4.35. The highest BCUT2D eigenvalue weighted by atomic mass is 79.9. The average Bonchev–Trinajstić information content (AvgIpc) is 2.40. The van der Waals surface area contributed by atoms with Crippen LogP contribution in [0, 0.1) is 19.7 Å². The molecule has 1 heterocycles. The first kappa shape index (κ1) is 16.1. The van der Waals surface area contributed by atoms with Crippen molar-refractivity contribution in [2.24, 2.45) is 0 Å². The number of aryl methyl sites for hydroxylation is 2. The second-order valence-electron chi connectivity index (χ2n) is 5.23. The number of aromatic nitrogens is 1. The Kier molecular flexibility index (Phi) is 5.48. The van der Waals surface area contributed by atoms with Crippen molar-refractivity contribution in [3.8, 4) is 0 Å². The molecule has 0 saturated heterocycles. The van der Waals surface area contributed by atoms with E-state index in [-0.39, 0.29) is 11.9 Å². The van der Waals surface area contributed by atoms with Crippen molar-refractivity contribution in [2.75, 3.05) is 6.54 Å². The van der Waals surface area contributed by atoms with Gasteiger partial charge in [-0.3, -0.25) is 4.98 Å². The quantitative estimate of drug-likeness (QED) is 0.858. The molecule has 0 aliphatic carbocycles. The van der Waals surface area contributed by atoms with Gasteiger partial charge in [0.2, 0.25) is 0 Å². The van der Waals surface area contributed by atoms with Crippen molar-refractivity contribution in [3.05, 3.63) is 63.1 Å². The fourth-order valence-electron chi connectivity index (χ4n) is 2.53. The van der Waals surface area contributed by atoms with E-state index in [2.05, 4.69) is 45.3 Å². The Hall–Kier alpha value is -1.26. The maximum atomic E-state index is 13.2. The Morgan fingerprint density at radius 2 is 1.86 bits per heavy atom. The van der Waals surface area contributed by atoms with Crippen molar-refractivity contribution >= 4 is 15.9 Å². The minimum absolute atomic E-state index is 0.192. The molecular formula is C17H20BrFN2. The molecular weight excluding hydrogens is 331 g/mol. The molecule has 2 aromatic rings. The molecule has 2 rings (SSSR count). The van der Waals surface area contributed by atoms with E-state index in [1.807, 2.05) is 19.9 Å². The van der Waals surface area contributed by atoms with Gasteiger partial charge in [-0.2, -0.15) is 0 Å². The maximum Gasteiger partial charge on any atom is 0.124 e. The fraction of sp³-hybridized carbons (Fsp3) is 0.353. The first-order valence-corrected chi connectivity index (χ1v) is 7.91. The second kappa shape index (κ2) is 7.14. The summed E-state index contributed by atoms with van der Waals surface area (Å²) in [4.78, 5) is 4.43. The van der Waals surface area contributed by atoms with E-state index in [0.29, 0.717) is 0 Å². The highest BCUT2D eigenvalue weighted by Crippen LogP contribution is 2.25. The van der Waals surface area contributed by atoms with Crippen LogP contribution in [0.1, 0.15) is 35.5 Å². The van der Waals surface area contributed by atoms with Crippen molar-refractivity contribution in [2.45, 2.75) is 33.2 Å². The summed E-state index contributed by atoms with van der Waals surface area (Å²) in [5, 5.41) is 3.50. The maximum absolute atomic E-state index is 13.2. The number of hydrogen-bond donors (Lipinski definition) is 1. The van der Waals surface area contributed by atoms with E-state index in [9.17, 15) is 4.39 Å². The first-order chi connectivity index (χ1) is 9.99. The number of nitrogens with one attached hydrogen (secondary N) is 1. The lowest BCUT2D eigenvalue weighted by molar-refractivity contribution is 0.546. The zero-order valence-electron chi connectivity index (χ0n) is 12.6. The standard InChI is InChI=1S/C17H20BrFN2/c1-4-20-17(14-7-11(2)21-12(3)8-14)9-13-5-6-15(19)10-16(13)18/h5-8,10,17,20H,4,9H2,1-3H3. The summed E-state index contributed by atoms with van der Waals surface area (Å²) in [7, 11) is 0. The summed E-state index contributed by atoms with van der Waals surface area (Å²) >= 11 is 3.45. The van der Waals surface area contributed by atoms with E-state index in [0.717, 1.165) is 34.4 Å². The van der Waals surface area contributed by atoms with E-state index < -0.39 is 0 Å². The largest absolute Gasteiger partial charge is 0.310 e. The fourth-order valence-corrected chi connectivity index (χ4v) is 3.04. The molecule has 0 spiro atoms. The zero-order chi connectivity index (χ0) is 15.4. The Bertz CT molecular complexity index is 608. The number of halogens is 2. The van der Waals surface area contributed by atoms with E-state index in [1.165, 1.54) is 17.7 Å². The average molecular weight is 351 g/mol. The van der Waals surface area contributed by atoms with Gasteiger partial charge in [0.1, 0.15) is 5.82 Å². The van der Waals surface area contributed by atoms with Gasteiger partial charge < -0.3 is 5.32 Å². The van der Waals surface area contributed by atoms with E-state index in [4.69, 9.17) is 0 Å². The van der Waals surface area contributed by atoms with Gasteiger partial charge in [0, 0.05) is 21.9 Å². The number of benzene rings is 1. The SMILES string of the molecule is CCNC(Cc1ccc(F)cc1Br)c1cc(C)nc(C)c1. The first-order valence-electron chi connectivity index (χ1n) is 7.12. The molecule has 1 aromatic carbocycles. The van der Waals surface area contributed by atoms with Gasteiger partial charge in [-0.25, -0.2) is 4.39 Å². The van der Waals surface area contributed by atoms with Crippen LogP contribution >= 0.6 is 15.9 Å². The van der Waals surface area contributed by atoms with Gasteiger partial charge in [0.15, 0.2) is 0 Å². The Morgan fingerprint density at radius 3 is 2.43 bits per heavy atom. The third-order valence-electron chi connectivity index (χ3n) is 3.40. The Labute approximate surface area is 133 Å². The number of hydrogen-bond acceptors (Lipinski definition) is 2. The van der Waals surface area contributed by atoms with Crippen molar-refractivity contribution in [1.29, 1.82) is 0 Å². The molecule has 0 aliphatic rings. The Balaban J connectivity index is 2.30. The van der Waals surface area contributed by atoms with Gasteiger partial charge in [-0.05, 0) is 62.2 Å². The number of likely N-dealkylation sites (N-methyl/N-ethyl adjacent to an activating group) is 1. The molecule has 0 bridgehead atoms. The van der Waals surface area contributed by atoms with Gasteiger partial charge >= 0.3 is 0 Å². The molecule has 21 heavy (non-hydrogen) atoms. The molecule has 1 N–H and O–H groups in total. The lowest BCUT2D eigenvalue weighted by atomic mass is 9.98.